The zero-order chi connectivity index (χ0) is 25.0. The maximum absolute atomic E-state index is 12.4. The average Bonchev–Trinajstić information content (AvgIpc) is 2.77. The number of hydrogen-bond donors (Lipinski definition) is 3. The van der Waals surface area contributed by atoms with Gasteiger partial charge in [-0.05, 0) is 99.6 Å². The maximum Gasteiger partial charge on any atom is 0.311 e. The molecule has 0 radical (unpaired) electrons. The molecular formula is C27H36N2O4S. The van der Waals surface area contributed by atoms with Crippen molar-refractivity contribution in [1.29, 1.82) is 0 Å². The lowest BCUT2D eigenvalue weighted by Crippen LogP contribution is -2.44. The number of fused-ring (bicyclic) bond motifs is 1. The monoisotopic (exact) mass is 484 g/mol. The van der Waals surface area contributed by atoms with Crippen LogP contribution in [-0.4, -0.2) is 45.9 Å². The summed E-state index contributed by atoms with van der Waals surface area (Å²) in [5.74, 6) is -0.360. The number of ether oxygens (including phenoxy) is 1. The van der Waals surface area contributed by atoms with Crippen LogP contribution in [0.4, 0.5) is 0 Å². The standard InChI is InChI=1S/C27H36N2O4S/c1-17-6-7-19(10-18(17)2)11-20(16-33-25(32)27(3,4)5)14-28-26(34)29-9-8-21-12-23(30)24(31)13-22(21)15-29/h6-7,10,12-13,20,30-31H,8-9,11,14-16H2,1-5H3,(H,28,34). The maximum atomic E-state index is 12.4. The normalized spacial score (nSPS) is 14.3. The van der Waals surface area contributed by atoms with Crippen molar-refractivity contribution in [3.05, 3.63) is 58.1 Å². The molecule has 184 valence electrons. The number of aromatic hydroxyl groups is 2. The van der Waals surface area contributed by atoms with E-state index in [1.54, 1.807) is 12.1 Å². The number of nitrogens with zero attached hydrogens (tertiary/aromatic N) is 1. The molecule has 1 heterocycles. The van der Waals surface area contributed by atoms with Gasteiger partial charge in [0.2, 0.25) is 0 Å². The molecule has 0 aromatic heterocycles. The van der Waals surface area contributed by atoms with Gasteiger partial charge in [-0.2, -0.15) is 0 Å². The molecule has 0 bridgehead atoms. The van der Waals surface area contributed by atoms with E-state index in [4.69, 9.17) is 17.0 Å². The van der Waals surface area contributed by atoms with Crippen LogP contribution in [0.25, 0.3) is 0 Å². The quantitative estimate of drug-likeness (QED) is 0.319. The minimum Gasteiger partial charge on any atom is -0.504 e. The van der Waals surface area contributed by atoms with Gasteiger partial charge in [-0.3, -0.25) is 4.79 Å². The number of aryl methyl sites for hydroxylation is 2. The highest BCUT2D eigenvalue weighted by Crippen LogP contribution is 2.31. The molecule has 1 atom stereocenters. The van der Waals surface area contributed by atoms with Gasteiger partial charge in [-0.15, -0.1) is 0 Å². The summed E-state index contributed by atoms with van der Waals surface area (Å²) in [7, 11) is 0. The third-order valence-electron chi connectivity index (χ3n) is 6.30. The summed E-state index contributed by atoms with van der Waals surface area (Å²) in [5.41, 5.74) is 5.13. The second kappa shape index (κ2) is 10.6. The number of carbonyl (C=O) groups is 1. The molecule has 0 fully saturated rings. The summed E-state index contributed by atoms with van der Waals surface area (Å²) in [6.45, 7) is 11.9. The molecule has 1 aliphatic heterocycles. The Labute approximate surface area is 207 Å². The Morgan fingerprint density at radius 1 is 1.12 bits per heavy atom. The number of carbonyl (C=O) groups excluding carboxylic acids is 1. The van der Waals surface area contributed by atoms with Crippen molar-refractivity contribution >= 4 is 23.3 Å². The number of rotatable bonds is 6. The van der Waals surface area contributed by atoms with Gasteiger partial charge >= 0.3 is 5.97 Å². The van der Waals surface area contributed by atoms with Crippen molar-refractivity contribution in [3.8, 4) is 11.5 Å². The number of hydrogen-bond acceptors (Lipinski definition) is 5. The number of esters is 1. The molecule has 0 saturated heterocycles. The SMILES string of the molecule is Cc1ccc(CC(CNC(=S)N2CCc3cc(O)c(O)cc3C2)COC(=O)C(C)(C)C)cc1C. The fourth-order valence-electron chi connectivity index (χ4n) is 3.96. The van der Waals surface area contributed by atoms with E-state index in [9.17, 15) is 15.0 Å². The fraction of sp³-hybridized carbons (Fsp3) is 0.481. The van der Waals surface area contributed by atoms with Crippen LogP contribution in [-0.2, 0) is 28.9 Å². The van der Waals surface area contributed by atoms with E-state index in [-0.39, 0.29) is 23.4 Å². The summed E-state index contributed by atoms with van der Waals surface area (Å²) in [5, 5.41) is 23.6. The predicted octanol–water partition coefficient (Wildman–Crippen LogP) is 4.40. The van der Waals surface area contributed by atoms with E-state index < -0.39 is 5.41 Å². The molecule has 0 amide bonds. The van der Waals surface area contributed by atoms with E-state index in [2.05, 4.69) is 42.3 Å². The summed E-state index contributed by atoms with van der Waals surface area (Å²) >= 11 is 5.67. The van der Waals surface area contributed by atoms with Gasteiger partial charge < -0.3 is 25.2 Å². The lowest BCUT2D eigenvalue weighted by Gasteiger charge is -2.32. The molecule has 0 spiro atoms. The van der Waals surface area contributed by atoms with Crippen molar-refractivity contribution in [3.63, 3.8) is 0 Å². The van der Waals surface area contributed by atoms with Crippen LogP contribution in [0.3, 0.4) is 0 Å². The molecule has 3 N–H and O–H groups in total. The molecule has 34 heavy (non-hydrogen) atoms. The number of phenolic OH excluding ortho intramolecular Hbond substituents is 2. The van der Waals surface area contributed by atoms with Gasteiger partial charge in [0, 0.05) is 25.6 Å². The summed E-state index contributed by atoms with van der Waals surface area (Å²) in [6.07, 6.45) is 1.50. The van der Waals surface area contributed by atoms with Gasteiger partial charge in [0.25, 0.3) is 0 Å². The number of thiocarbonyl (C=S) groups is 1. The second-order valence-corrected chi connectivity index (χ2v) is 10.7. The Morgan fingerprint density at radius 3 is 2.44 bits per heavy atom. The first-order chi connectivity index (χ1) is 15.9. The van der Waals surface area contributed by atoms with Crippen LogP contribution < -0.4 is 5.32 Å². The van der Waals surface area contributed by atoms with Gasteiger partial charge in [0.1, 0.15) is 0 Å². The van der Waals surface area contributed by atoms with E-state index in [1.165, 1.54) is 16.7 Å². The second-order valence-electron chi connectivity index (χ2n) is 10.3. The zero-order valence-corrected chi connectivity index (χ0v) is 21.6. The molecule has 6 nitrogen and oxygen atoms in total. The largest absolute Gasteiger partial charge is 0.504 e. The fourth-order valence-corrected chi connectivity index (χ4v) is 4.20. The molecule has 1 unspecified atom stereocenters. The van der Waals surface area contributed by atoms with E-state index >= 15 is 0 Å². The van der Waals surface area contributed by atoms with Crippen LogP contribution in [0.5, 0.6) is 11.5 Å². The minimum atomic E-state index is -0.547. The number of nitrogens with one attached hydrogen (secondary N) is 1. The first-order valence-electron chi connectivity index (χ1n) is 11.7. The summed E-state index contributed by atoms with van der Waals surface area (Å²) in [6, 6.07) is 9.67. The molecular weight excluding hydrogens is 448 g/mol. The van der Waals surface area contributed by atoms with Crippen LogP contribution >= 0.6 is 12.2 Å². The Balaban J connectivity index is 1.64. The first kappa shape index (κ1) is 25.8. The van der Waals surface area contributed by atoms with Crippen molar-refractivity contribution in [2.75, 3.05) is 19.7 Å². The lowest BCUT2D eigenvalue weighted by atomic mass is 9.96. The molecule has 3 rings (SSSR count). The van der Waals surface area contributed by atoms with Crippen molar-refractivity contribution in [2.45, 2.75) is 54.0 Å². The molecule has 0 saturated carbocycles. The minimum absolute atomic E-state index is 0.0597. The van der Waals surface area contributed by atoms with Gasteiger partial charge in [0.15, 0.2) is 16.6 Å². The predicted molar refractivity (Wildman–Crippen MR) is 138 cm³/mol. The summed E-state index contributed by atoms with van der Waals surface area (Å²) < 4.78 is 5.66. The van der Waals surface area contributed by atoms with Gasteiger partial charge in [0.05, 0.1) is 12.0 Å². The van der Waals surface area contributed by atoms with Crippen molar-refractivity contribution in [1.82, 2.24) is 10.2 Å². The first-order valence-corrected chi connectivity index (χ1v) is 12.1. The highest BCUT2D eigenvalue weighted by Gasteiger charge is 2.25. The van der Waals surface area contributed by atoms with Gasteiger partial charge in [-0.1, -0.05) is 18.2 Å². The summed E-state index contributed by atoms with van der Waals surface area (Å²) in [4.78, 5) is 14.4. The smallest absolute Gasteiger partial charge is 0.311 e. The van der Waals surface area contributed by atoms with Crippen LogP contribution in [0.15, 0.2) is 30.3 Å². The molecule has 2 aromatic rings. The average molecular weight is 485 g/mol. The van der Waals surface area contributed by atoms with Crippen molar-refractivity contribution in [2.24, 2.45) is 11.3 Å². The Hall–Kier alpha value is -2.80. The van der Waals surface area contributed by atoms with E-state index in [0.717, 1.165) is 30.5 Å². The molecule has 1 aliphatic rings. The van der Waals surface area contributed by atoms with E-state index in [0.29, 0.717) is 24.8 Å². The third kappa shape index (κ3) is 6.63. The van der Waals surface area contributed by atoms with Crippen LogP contribution in [0.2, 0.25) is 0 Å². The number of benzene rings is 2. The lowest BCUT2D eigenvalue weighted by molar-refractivity contribution is -0.154. The Kier molecular flexibility index (Phi) is 8.08. The highest BCUT2D eigenvalue weighted by molar-refractivity contribution is 7.80. The Morgan fingerprint density at radius 2 is 1.79 bits per heavy atom. The van der Waals surface area contributed by atoms with Crippen LogP contribution in [0.1, 0.15) is 48.6 Å². The third-order valence-corrected chi connectivity index (χ3v) is 6.70. The van der Waals surface area contributed by atoms with E-state index in [1.807, 2.05) is 20.8 Å². The topological polar surface area (TPSA) is 82.0 Å². The van der Waals surface area contributed by atoms with Crippen LogP contribution in [0, 0.1) is 25.2 Å². The molecule has 7 heteroatoms. The Bertz CT molecular complexity index is 1060. The van der Waals surface area contributed by atoms with Crippen molar-refractivity contribution < 1.29 is 19.7 Å². The molecule has 0 aliphatic carbocycles. The number of phenols is 2. The molecule has 2 aromatic carbocycles. The zero-order valence-electron chi connectivity index (χ0n) is 20.8. The highest BCUT2D eigenvalue weighted by atomic mass is 32.1. The van der Waals surface area contributed by atoms with Gasteiger partial charge in [-0.25, -0.2) is 0 Å².